The molecule has 3 heteroatoms. The Morgan fingerprint density at radius 2 is 2.00 bits per heavy atom. The summed E-state index contributed by atoms with van der Waals surface area (Å²) in [5, 5.41) is 7.04. The molecule has 0 aliphatic rings. The molecule has 0 aromatic heterocycles. The SMILES string of the molecule is N=C(N)CCSCc1ccccc1. The molecule has 0 amide bonds. The van der Waals surface area contributed by atoms with Gasteiger partial charge in [0.2, 0.25) is 0 Å². The molecule has 1 rings (SSSR count). The van der Waals surface area contributed by atoms with E-state index in [1.807, 2.05) is 30.0 Å². The first-order chi connectivity index (χ1) is 6.29. The maximum atomic E-state index is 7.04. The molecule has 0 aliphatic heterocycles. The molecule has 0 unspecified atom stereocenters. The van der Waals surface area contributed by atoms with Crippen LogP contribution in [0.4, 0.5) is 0 Å². The van der Waals surface area contributed by atoms with E-state index in [-0.39, 0.29) is 5.84 Å². The highest BCUT2D eigenvalue weighted by molar-refractivity contribution is 7.98. The maximum Gasteiger partial charge on any atom is 0.0913 e. The van der Waals surface area contributed by atoms with E-state index in [2.05, 4.69) is 12.1 Å². The third-order valence-electron chi connectivity index (χ3n) is 1.63. The number of thioether (sulfide) groups is 1. The van der Waals surface area contributed by atoms with Crippen molar-refractivity contribution in [3.8, 4) is 0 Å². The molecule has 0 bridgehead atoms. The minimum atomic E-state index is 0.278. The minimum absolute atomic E-state index is 0.278. The fourth-order valence-corrected chi connectivity index (χ4v) is 1.88. The zero-order valence-electron chi connectivity index (χ0n) is 7.49. The van der Waals surface area contributed by atoms with Crippen molar-refractivity contribution >= 4 is 17.6 Å². The normalized spacial score (nSPS) is 9.85. The zero-order valence-corrected chi connectivity index (χ0v) is 8.31. The first-order valence-corrected chi connectivity index (χ1v) is 5.39. The van der Waals surface area contributed by atoms with Gasteiger partial charge in [0.15, 0.2) is 0 Å². The maximum absolute atomic E-state index is 7.04. The number of nitrogens with two attached hydrogens (primary N) is 1. The summed E-state index contributed by atoms with van der Waals surface area (Å²) in [6.07, 6.45) is 0.692. The summed E-state index contributed by atoms with van der Waals surface area (Å²) in [5.41, 5.74) is 6.57. The predicted molar refractivity (Wildman–Crippen MR) is 59.1 cm³/mol. The van der Waals surface area contributed by atoms with Crippen molar-refractivity contribution in [3.63, 3.8) is 0 Å². The van der Waals surface area contributed by atoms with Crippen LogP contribution in [0.2, 0.25) is 0 Å². The second kappa shape index (κ2) is 5.65. The van der Waals surface area contributed by atoms with Crippen LogP contribution >= 0.6 is 11.8 Å². The van der Waals surface area contributed by atoms with Crippen molar-refractivity contribution in [2.45, 2.75) is 12.2 Å². The molecular weight excluding hydrogens is 180 g/mol. The second-order valence-electron chi connectivity index (χ2n) is 2.81. The minimum Gasteiger partial charge on any atom is -0.388 e. The summed E-state index contributed by atoms with van der Waals surface area (Å²) in [5.74, 6) is 2.22. The largest absolute Gasteiger partial charge is 0.388 e. The molecule has 70 valence electrons. The van der Waals surface area contributed by atoms with E-state index in [1.165, 1.54) is 5.56 Å². The van der Waals surface area contributed by atoms with Gasteiger partial charge >= 0.3 is 0 Å². The summed E-state index contributed by atoms with van der Waals surface area (Å²) in [4.78, 5) is 0. The van der Waals surface area contributed by atoms with E-state index in [4.69, 9.17) is 11.1 Å². The lowest BCUT2D eigenvalue weighted by molar-refractivity contribution is 1.22. The summed E-state index contributed by atoms with van der Waals surface area (Å²) in [7, 11) is 0. The van der Waals surface area contributed by atoms with Crippen molar-refractivity contribution in [1.29, 1.82) is 5.41 Å². The van der Waals surface area contributed by atoms with Crippen molar-refractivity contribution in [2.75, 3.05) is 5.75 Å². The van der Waals surface area contributed by atoms with Crippen LogP contribution in [0.5, 0.6) is 0 Å². The molecule has 13 heavy (non-hydrogen) atoms. The third kappa shape index (κ3) is 4.58. The number of amidine groups is 1. The Morgan fingerprint density at radius 1 is 1.31 bits per heavy atom. The third-order valence-corrected chi connectivity index (χ3v) is 2.66. The Hall–Kier alpha value is -0.960. The molecule has 0 saturated heterocycles. The van der Waals surface area contributed by atoms with Gasteiger partial charge in [-0.25, -0.2) is 0 Å². The van der Waals surface area contributed by atoms with Crippen LogP contribution in [0.15, 0.2) is 30.3 Å². The van der Waals surface area contributed by atoms with Gasteiger partial charge < -0.3 is 5.73 Å². The lowest BCUT2D eigenvalue weighted by Crippen LogP contribution is -2.09. The number of rotatable bonds is 5. The lowest BCUT2D eigenvalue weighted by Gasteiger charge is -2.00. The van der Waals surface area contributed by atoms with E-state index in [9.17, 15) is 0 Å². The molecule has 0 spiro atoms. The van der Waals surface area contributed by atoms with Crippen LogP contribution in [-0.2, 0) is 5.75 Å². The second-order valence-corrected chi connectivity index (χ2v) is 3.92. The van der Waals surface area contributed by atoms with E-state index in [1.54, 1.807) is 0 Å². The summed E-state index contributed by atoms with van der Waals surface area (Å²) in [6, 6.07) is 10.3. The number of hydrogen-bond donors (Lipinski definition) is 2. The van der Waals surface area contributed by atoms with Gasteiger partial charge in [-0.15, -0.1) is 0 Å². The summed E-state index contributed by atoms with van der Waals surface area (Å²) in [6.45, 7) is 0. The summed E-state index contributed by atoms with van der Waals surface area (Å²) >= 11 is 1.81. The fraction of sp³-hybridized carbons (Fsp3) is 0.300. The molecule has 2 nitrogen and oxygen atoms in total. The molecule has 0 heterocycles. The molecule has 1 aromatic carbocycles. The Bertz CT molecular complexity index is 259. The number of benzene rings is 1. The van der Waals surface area contributed by atoms with Crippen LogP contribution in [0.3, 0.4) is 0 Å². The van der Waals surface area contributed by atoms with E-state index in [0.29, 0.717) is 6.42 Å². The lowest BCUT2D eigenvalue weighted by atomic mass is 10.2. The van der Waals surface area contributed by atoms with Gasteiger partial charge in [-0.1, -0.05) is 30.3 Å². The molecule has 0 saturated carbocycles. The van der Waals surface area contributed by atoms with Crippen LogP contribution in [0.25, 0.3) is 0 Å². The Balaban J connectivity index is 2.17. The Morgan fingerprint density at radius 3 is 2.62 bits per heavy atom. The van der Waals surface area contributed by atoms with Crippen LogP contribution in [0, 0.1) is 5.41 Å². The quantitative estimate of drug-likeness (QED) is 0.429. The van der Waals surface area contributed by atoms with Gasteiger partial charge in [0.05, 0.1) is 5.84 Å². The number of nitrogens with one attached hydrogen (secondary N) is 1. The van der Waals surface area contributed by atoms with Gasteiger partial charge in [0.1, 0.15) is 0 Å². The molecule has 1 aromatic rings. The van der Waals surface area contributed by atoms with Crippen molar-refractivity contribution in [3.05, 3.63) is 35.9 Å². The highest BCUT2D eigenvalue weighted by atomic mass is 32.2. The van der Waals surface area contributed by atoms with E-state index >= 15 is 0 Å². The van der Waals surface area contributed by atoms with Gasteiger partial charge in [0.25, 0.3) is 0 Å². The first-order valence-electron chi connectivity index (χ1n) is 4.23. The van der Waals surface area contributed by atoms with Crippen molar-refractivity contribution in [1.82, 2.24) is 0 Å². The molecule has 0 aliphatic carbocycles. The smallest absolute Gasteiger partial charge is 0.0913 e. The van der Waals surface area contributed by atoms with E-state index < -0.39 is 0 Å². The molecule has 0 fully saturated rings. The van der Waals surface area contributed by atoms with Gasteiger partial charge in [-0.3, -0.25) is 5.41 Å². The molecule has 0 radical (unpaired) electrons. The van der Waals surface area contributed by atoms with Crippen molar-refractivity contribution in [2.24, 2.45) is 5.73 Å². The summed E-state index contributed by atoms with van der Waals surface area (Å²) < 4.78 is 0. The highest BCUT2D eigenvalue weighted by Gasteiger charge is 1.93. The molecule has 0 atom stereocenters. The number of hydrogen-bond acceptors (Lipinski definition) is 2. The van der Waals surface area contributed by atoms with Crippen LogP contribution in [0.1, 0.15) is 12.0 Å². The molecule has 3 N–H and O–H groups in total. The fourth-order valence-electron chi connectivity index (χ4n) is 0.946. The standard InChI is InChI=1S/C10H14N2S/c11-10(12)6-7-13-8-9-4-2-1-3-5-9/h1-5H,6-8H2,(H3,11,12). The predicted octanol–water partition coefficient (Wildman–Crippen LogP) is 2.25. The Labute approximate surface area is 83.0 Å². The van der Waals surface area contributed by atoms with Gasteiger partial charge in [-0.2, -0.15) is 11.8 Å². The zero-order chi connectivity index (χ0) is 9.52. The highest BCUT2D eigenvalue weighted by Crippen LogP contribution is 2.11. The van der Waals surface area contributed by atoms with E-state index in [0.717, 1.165) is 11.5 Å². The van der Waals surface area contributed by atoms with Gasteiger partial charge in [0, 0.05) is 17.9 Å². The van der Waals surface area contributed by atoms with Gasteiger partial charge in [-0.05, 0) is 5.56 Å². The molecular formula is C10H14N2S. The average molecular weight is 194 g/mol. The first kappa shape index (κ1) is 10.1. The topological polar surface area (TPSA) is 49.9 Å². The van der Waals surface area contributed by atoms with Crippen molar-refractivity contribution < 1.29 is 0 Å². The Kier molecular flexibility index (Phi) is 4.40. The average Bonchev–Trinajstić information content (AvgIpc) is 2.14. The van der Waals surface area contributed by atoms with Crippen LogP contribution < -0.4 is 5.73 Å². The van der Waals surface area contributed by atoms with Crippen LogP contribution in [-0.4, -0.2) is 11.6 Å². The monoisotopic (exact) mass is 194 g/mol.